The first kappa shape index (κ1) is 18.0. The Labute approximate surface area is 133 Å². The second-order valence-corrected chi connectivity index (χ2v) is 6.53. The van der Waals surface area contributed by atoms with Crippen LogP contribution in [0.2, 0.25) is 0 Å². The van der Waals surface area contributed by atoms with Crippen molar-refractivity contribution in [1.82, 2.24) is 5.32 Å². The summed E-state index contributed by atoms with van der Waals surface area (Å²) in [6.45, 7) is 3.57. The average Bonchev–Trinajstić information content (AvgIpc) is 2.92. The van der Waals surface area contributed by atoms with Crippen LogP contribution in [0.5, 0.6) is 0 Å². The lowest BCUT2D eigenvalue weighted by atomic mass is 10.1. The molecule has 6 nitrogen and oxygen atoms in total. The van der Waals surface area contributed by atoms with E-state index in [9.17, 15) is 14.4 Å². The van der Waals surface area contributed by atoms with Crippen LogP contribution < -0.4 is 5.32 Å². The summed E-state index contributed by atoms with van der Waals surface area (Å²) in [6.07, 6.45) is 0.999. The molecule has 0 radical (unpaired) electrons. The van der Waals surface area contributed by atoms with E-state index in [1.807, 2.05) is 0 Å². The van der Waals surface area contributed by atoms with Gasteiger partial charge in [-0.25, -0.2) is 0 Å². The van der Waals surface area contributed by atoms with Gasteiger partial charge in [0.1, 0.15) is 9.75 Å². The van der Waals surface area contributed by atoms with E-state index in [1.165, 1.54) is 0 Å². The van der Waals surface area contributed by atoms with Crippen LogP contribution in [0.3, 0.4) is 0 Å². The zero-order chi connectivity index (χ0) is 16.1. The van der Waals surface area contributed by atoms with Crippen molar-refractivity contribution in [1.29, 1.82) is 0 Å². The molecule has 0 heterocycles. The first-order valence-electron chi connectivity index (χ1n) is 6.70. The molecule has 21 heavy (non-hydrogen) atoms. The van der Waals surface area contributed by atoms with Gasteiger partial charge in [-0.05, 0) is 20.3 Å². The predicted molar refractivity (Wildman–Crippen MR) is 77.0 cm³/mol. The first-order valence-corrected chi connectivity index (χ1v) is 7.46. The van der Waals surface area contributed by atoms with Gasteiger partial charge >= 0.3 is 11.9 Å². The fraction of sp³-hybridized carbons (Fsp3) is 0.769. The Morgan fingerprint density at radius 2 is 1.86 bits per heavy atom. The lowest BCUT2D eigenvalue weighted by Gasteiger charge is -2.11. The molecule has 0 aromatic carbocycles. The third kappa shape index (κ3) is 5.04. The van der Waals surface area contributed by atoms with E-state index in [1.54, 1.807) is 13.8 Å². The number of esters is 2. The highest BCUT2D eigenvalue weighted by Gasteiger charge is 2.69. The highest BCUT2D eigenvalue weighted by Crippen LogP contribution is 2.64. The van der Waals surface area contributed by atoms with E-state index < -0.39 is 28.2 Å². The second-order valence-electron chi connectivity index (χ2n) is 5.05. The fourth-order valence-electron chi connectivity index (χ4n) is 1.66. The quantitative estimate of drug-likeness (QED) is 0.412. The van der Waals surface area contributed by atoms with Gasteiger partial charge in [0.15, 0.2) is 6.61 Å². The summed E-state index contributed by atoms with van der Waals surface area (Å²) in [7, 11) is 0. The third-order valence-corrected chi connectivity index (χ3v) is 4.33. The van der Waals surface area contributed by atoms with Crippen molar-refractivity contribution in [3.05, 3.63) is 0 Å². The van der Waals surface area contributed by atoms with E-state index in [0.29, 0.717) is 26.0 Å². The van der Waals surface area contributed by atoms with Crippen molar-refractivity contribution >= 4 is 41.0 Å². The number of rotatable bonds is 8. The predicted octanol–water partition coefficient (Wildman–Crippen LogP) is 1.57. The zero-order valence-corrected chi connectivity index (χ0v) is 13.6. The molecule has 1 saturated carbocycles. The monoisotopic (exact) mass is 339 g/mol. The summed E-state index contributed by atoms with van der Waals surface area (Å²) in [5.41, 5.74) is -0.944. The Bertz CT molecular complexity index is 427. The van der Waals surface area contributed by atoms with Crippen molar-refractivity contribution in [3.8, 4) is 0 Å². The van der Waals surface area contributed by atoms with Crippen molar-refractivity contribution in [2.24, 2.45) is 5.41 Å². The Morgan fingerprint density at radius 1 is 1.24 bits per heavy atom. The number of hydrogen-bond donors (Lipinski definition) is 1. The minimum atomic E-state index is -1.11. The van der Waals surface area contributed by atoms with E-state index in [2.05, 4.69) is 5.32 Å². The van der Waals surface area contributed by atoms with Gasteiger partial charge in [-0.2, -0.15) is 0 Å². The Hall–Kier alpha value is -1.01. The fourth-order valence-corrected chi connectivity index (χ4v) is 2.35. The molecular weight excluding hydrogens is 321 g/mol. The zero-order valence-electron chi connectivity index (χ0n) is 12.0. The minimum absolute atomic E-state index is 0.229. The number of halogens is 2. The van der Waals surface area contributed by atoms with Crippen LogP contribution in [0.25, 0.3) is 0 Å². The van der Waals surface area contributed by atoms with Crippen LogP contribution >= 0.6 is 23.2 Å². The van der Waals surface area contributed by atoms with E-state index in [4.69, 9.17) is 32.7 Å². The molecule has 1 unspecified atom stereocenters. The number of carbonyl (C=O) groups is 3. The number of ether oxygens (including phenoxy) is 2. The lowest BCUT2D eigenvalue weighted by molar-refractivity contribution is -0.153. The Morgan fingerprint density at radius 3 is 2.38 bits per heavy atom. The van der Waals surface area contributed by atoms with Gasteiger partial charge in [0, 0.05) is 19.4 Å². The van der Waals surface area contributed by atoms with Gasteiger partial charge in [0.05, 0.1) is 6.61 Å². The van der Waals surface area contributed by atoms with Gasteiger partial charge in [-0.1, -0.05) is 0 Å². The van der Waals surface area contributed by atoms with Crippen LogP contribution in [0, 0.1) is 5.41 Å². The number of alkyl halides is 2. The SMILES string of the molecule is CCOC(=O)CCCNC(=O)COC(=O)C1(C)CC1(Cl)Cl. The molecule has 1 aliphatic carbocycles. The molecular formula is C13H19Cl2NO5. The summed E-state index contributed by atoms with van der Waals surface area (Å²) in [6, 6.07) is 0. The normalized spacial score (nSPS) is 22.3. The molecule has 1 fully saturated rings. The van der Waals surface area contributed by atoms with Crippen molar-refractivity contribution in [2.75, 3.05) is 19.8 Å². The van der Waals surface area contributed by atoms with E-state index >= 15 is 0 Å². The molecule has 0 bridgehead atoms. The number of amides is 1. The molecule has 1 aliphatic rings. The van der Waals surface area contributed by atoms with Crippen molar-refractivity contribution in [3.63, 3.8) is 0 Å². The van der Waals surface area contributed by atoms with Gasteiger partial charge < -0.3 is 14.8 Å². The largest absolute Gasteiger partial charge is 0.466 e. The van der Waals surface area contributed by atoms with E-state index in [-0.39, 0.29) is 12.4 Å². The molecule has 0 aliphatic heterocycles. The summed E-state index contributed by atoms with van der Waals surface area (Å²) in [5.74, 6) is -1.33. The molecule has 0 aromatic rings. The lowest BCUT2D eigenvalue weighted by Crippen LogP contribution is -2.32. The smallest absolute Gasteiger partial charge is 0.315 e. The number of nitrogens with one attached hydrogen (secondary N) is 1. The molecule has 8 heteroatoms. The summed E-state index contributed by atoms with van der Waals surface area (Å²) >= 11 is 11.7. The number of carbonyl (C=O) groups excluding carboxylic acids is 3. The topological polar surface area (TPSA) is 81.7 Å². The van der Waals surface area contributed by atoms with Gasteiger partial charge in [0.25, 0.3) is 5.91 Å². The van der Waals surface area contributed by atoms with Crippen LogP contribution in [-0.2, 0) is 23.9 Å². The van der Waals surface area contributed by atoms with Crippen LogP contribution in [0.4, 0.5) is 0 Å². The van der Waals surface area contributed by atoms with E-state index in [0.717, 1.165) is 0 Å². The average molecular weight is 340 g/mol. The molecule has 0 aromatic heterocycles. The summed E-state index contributed by atoms with van der Waals surface area (Å²) < 4.78 is 8.51. The van der Waals surface area contributed by atoms with Crippen LogP contribution in [0.1, 0.15) is 33.1 Å². The second kappa shape index (κ2) is 7.31. The van der Waals surface area contributed by atoms with Crippen molar-refractivity contribution in [2.45, 2.75) is 37.4 Å². The molecule has 120 valence electrons. The molecule has 1 rings (SSSR count). The summed E-state index contributed by atoms with van der Waals surface area (Å²) in [5, 5.41) is 2.54. The maximum Gasteiger partial charge on any atom is 0.315 e. The third-order valence-electron chi connectivity index (χ3n) is 3.23. The molecule has 0 saturated heterocycles. The van der Waals surface area contributed by atoms with Gasteiger partial charge in [-0.3, -0.25) is 14.4 Å². The molecule has 1 atom stereocenters. The van der Waals surface area contributed by atoms with Crippen LogP contribution in [0.15, 0.2) is 0 Å². The Kier molecular flexibility index (Phi) is 6.28. The first-order chi connectivity index (χ1) is 9.73. The standard InChI is InChI=1S/C13H19Cl2NO5/c1-3-20-10(18)5-4-6-16-9(17)7-21-11(19)12(2)8-13(12,14)15/h3-8H2,1-2H3,(H,16,17). The minimum Gasteiger partial charge on any atom is -0.466 e. The molecule has 1 amide bonds. The maximum atomic E-state index is 11.7. The maximum absolute atomic E-state index is 11.7. The van der Waals surface area contributed by atoms with Crippen molar-refractivity contribution < 1.29 is 23.9 Å². The highest BCUT2D eigenvalue weighted by molar-refractivity contribution is 6.53. The highest BCUT2D eigenvalue weighted by atomic mass is 35.5. The van der Waals surface area contributed by atoms with Gasteiger partial charge in [0.2, 0.25) is 0 Å². The summed E-state index contributed by atoms with van der Waals surface area (Å²) in [4.78, 5) is 34.2. The molecule has 1 N–H and O–H groups in total. The Balaban J connectivity index is 2.12. The van der Waals surface area contributed by atoms with Gasteiger partial charge in [-0.15, -0.1) is 23.2 Å². The number of hydrogen-bond acceptors (Lipinski definition) is 5. The molecule has 0 spiro atoms. The van der Waals surface area contributed by atoms with Crippen LogP contribution in [-0.4, -0.2) is 41.9 Å².